The number of nitrogens with one attached hydrogen (secondary N) is 1. The molecule has 2 rings (SSSR count). The minimum Gasteiger partial charge on any atom is -0.378 e. The predicted molar refractivity (Wildman–Crippen MR) is 68.3 cm³/mol. The summed E-state index contributed by atoms with van der Waals surface area (Å²) in [5, 5.41) is 17.5. The van der Waals surface area contributed by atoms with E-state index in [9.17, 15) is 14.5 Å². The van der Waals surface area contributed by atoms with Crippen LogP contribution in [0.15, 0.2) is 24.4 Å². The Labute approximate surface area is 109 Å². The van der Waals surface area contributed by atoms with E-state index in [2.05, 4.69) is 10.4 Å². The summed E-state index contributed by atoms with van der Waals surface area (Å²) < 4.78 is 15.4. The van der Waals surface area contributed by atoms with E-state index in [-0.39, 0.29) is 11.4 Å². The van der Waals surface area contributed by atoms with Gasteiger partial charge in [-0.2, -0.15) is 5.10 Å². The van der Waals surface area contributed by atoms with Crippen molar-refractivity contribution in [3.05, 3.63) is 51.6 Å². The maximum Gasteiger partial charge on any atom is 0.272 e. The summed E-state index contributed by atoms with van der Waals surface area (Å²) >= 11 is 0. The minimum absolute atomic E-state index is 0.230. The first kappa shape index (κ1) is 13.0. The van der Waals surface area contributed by atoms with Gasteiger partial charge in [0, 0.05) is 30.9 Å². The zero-order valence-corrected chi connectivity index (χ0v) is 10.6. The van der Waals surface area contributed by atoms with Crippen LogP contribution >= 0.6 is 0 Å². The first-order chi connectivity index (χ1) is 8.99. The molecule has 0 fully saturated rings. The Balaban J connectivity index is 2.12. The molecule has 0 unspecified atom stereocenters. The largest absolute Gasteiger partial charge is 0.378 e. The van der Waals surface area contributed by atoms with Crippen LogP contribution in [-0.2, 0) is 13.6 Å². The summed E-state index contributed by atoms with van der Waals surface area (Å²) in [6.45, 7) is 2.32. The fourth-order valence-corrected chi connectivity index (χ4v) is 1.67. The van der Waals surface area contributed by atoms with E-state index in [1.54, 1.807) is 10.9 Å². The Bertz CT molecular complexity index is 624. The van der Waals surface area contributed by atoms with Crippen molar-refractivity contribution >= 4 is 11.4 Å². The van der Waals surface area contributed by atoms with Crippen molar-refractivity contribution in [3.63, 3.8) is 0 Å². The van der Waals surface area contributed by atoms with Gasteiger partial charge < -0.3 is 5.32 Å². The molecule has 0 radical (unpaired) electrons. The highest BCUT2D eigenvalue weighted by Crippen LogP contribution is 2.21. The summed E-state index contributed by atoms with van der Waals surface area (Å²) in [5.74, 6) is -0.643. The molecule has 19 heavy (non-hydrogen) atoms. The van der Waals surface area contributed by atoms with Crippen LogP contribution in [0, 0.1) is 22.9 Å². The highest BCUT2D eigenvalue weighted by Gasteiger charge is 2.11. The molecular weight excluding hydrogens is 251 g/mol. The second-order valence-electron chi connectivity index (χ2n) is 4.15. The maximum atomic E-state index is 13.6. The second kappa shape index (κ2) is 5.05. The van der Waals surface area contributed by atoms with Crippen molar-refractivity contribution in [2.45, 2.75) is 13.5 Å². The van der Waals surface area contributed by atoms with E-state index in [1.165, 1.54) is 12.1 Å². The molecule has 0 atom stereocenters. The van der Waals surface area contributed by atoms with Gasteiger partial charge in [-0.1, -0.05) is 0 Å². The number of non-ortho nitro benzene ring substituents is 1. The van der Waals surface area contributed by atoms with E-state index in [1.807, 2.05) is 14.0 Å². The van der Waals surface area contributed by atoms with E-state index >= 15 is 0 Å². The Hall–Kier alpha value is -2.44. The number of benzene rings is 1. The molecule has 0 aliphatic carbocycles. The molecule has 2 aromatic rings. The van der Waals surface area contributed by atoms with Crippen LogP contribution in [0.5, 0.6) is 0 Å². The van der Waals surface area contributed by atoms with Gasteiger partial charge in [0.15, 0.2) is 5.82 Å². The van der Waals surface area contributed by atoms with Crippen LogP contribution in [0.2, 0.25) is 0 Å². The van der Waals surface area contributed by atoms with Gasteiger partial charge >= 0.3 is 0 Å². The number of aryl methyl sites for hydroxylation is 1. The summed E-state index contributed by atoms with van der Waals surface area (Å²) in [6.07, 6.45) is 1.70. The van der Waals surface area contributed by atoms with E-state index < -0.39 is 10.7 Å². The van der Waals surface area contributed by atoms with Gasteiger partial charge in [0.2, 0.25) is 0 Å². The molecule has 100 valence electrons. The number of hydrogen-bond acceptors (Lipinski definition) is 4. The van der Waals surface area contributed by atoms with Crippen LogP contribution in [0.4, 0.5) is 15.8 Å². The number of aromatic nitrogens is 2. The van der Waals surface area contributed by atoms with Gasteiger partial charge in [0.1, 0.15) is 0 Å². The third-order valence-electron chi connectivity index (χ3n) is 2.97. The van der Waals surface area contributed by atoms with Crippen molar-refractivity contribution in [2.24, 2.45) is 7.05 Å². The molecule has 0 saturated heterocycles. The van der Waals surface area contributed by atoms with Gasteiger partial charge in [-0.05, 0) is 13.0 Å². The fourth-order valence-electron chi connectivity index (χ4n) is 1.67. The quantitative estimate of drug-likeness (QED) is 0.679. The van der Waals surface area contributed by atoms with Crippen LogP contribution < -0.4 is 5.32 Å². The molecule has 7 heteroatoms. The summed E-state index contributed by atoms with van der Waals surface area (Å²) in [6, 6.07) is 3.53. The highest BCUT2D eigenvalue weighted by molar-refractivity contribution is 5.50. The topological polar surface area (TPSA) is 73.0 Å². The first-order valence-electron chi connectivity index (χ1n) is 5.64. The van der Waals surface area contributed by atoms with Crippen molar-refractivity contribution in [1.29, 1.82) is 0 Å². The molecule has 6 nitrogen and oxygen atoms in total. The molecule has 0 aliphatic rings. The molecule has 0 spiro atoms. The number of rotatable bonds is 4. The summed E-state index contributed by atoms with van der Waals surface area (Å²) in [7, 11) is 1.82. The molecule has 0 aliphatic heterocycles. The molecule has 0 amide bonds. The second-order valence-corrected chi connectivity index (χ2v) is 4.15. The van der Waals surface area contributed by atoms with Gasteiger partial charge in [-0.15, -0.1) is 0 Å². The molecule has 1 aromatic heterocycles. The Morgan fingerprint density at radius 1 is 1.53 bits per heavy atom. The number of nitro groups is 1. The first-order valence-corrected chi connectivity index (χ1v) is 5.64. The van der Waals surface area contributed by atoms with E-state index in [4.69, 9.17) is 0 Å². The van der Waals surface area contributed by atoms with Crippen molar-refractivity contribution in [1.82, 2.24) is 9.78 Å². The van der Waals surface area contributed by atoms with Gasteiger partial charge in [0.05, 0.1) is 22.9 Å². The fraction of sp³-hybridized carbons (Fsp3) is 0.250. The molecular formula is C12H13FN4O2. The van der Waals surface area contributed by atoms with E-state index in [0.29, 0.717) is 6.54 Å². The van der Waals surface area contributed by atoms with Crippen LogP contribution in [0.25, 0.3) is 0 Å². The standard InChI is InChI=1S/C12H13FN4O2/c1-8-9(7-15-16(8)2)6-14-12-4-3-10(17(18)19)5-11(12)13/h3-5,7,14H,6H2,1-2H3. The molecule has 1 N–H and O–H groups in total. The van der Waals surface area contributed by atoms with Gasteiger partial charge in [-0.3, -0.25) is 14.8 Å². The lowest BCUT2D eigenvalue weighted by atomic mass is 10.2. The SMILES string of the molecule is Cc1c(CNc2ccc([N+](=O)[O-])cc2F)cnn1C. The van der Waals surface area contributed by atoms with Crippen LogP contribution in [0.1, 0.15) is 11.3 Å². The average molecular weight is 264 g/mol. The van der Waals surface area contributed by atoms with Crippen LogP contribution in [-0.4, -0.2) is 14.7 Å². The van der Waals surface area contributed by atoms with Crippen LogP contribution in [0.3, 0.4) is 0 Å². The highest BCUT2D eigenvalue weighted by atomic mass is 19.1. The monoisotopic (exact) mass is 264 g/mol. The molecule has 0 saturated carbocycles. The average Bonchev–Trinajstić information content (AvgIpc) is 2.68. The lowest BCUT2D eigenvalue weighted by molar-refractivity contribution is -0.385. The zero-order valence-electron chi connectivity index (χ0n) is 10.6. The third-order valence-corrected chi connectivity index (χ3v) is 2.97. The maximum absolute atomic E-state index is 13.6. The predicted octanol–water partition coefficient (Wildman–Crippen LogP) is 2.39. The Morgan fingerprint density at radius 2 is 2.26 bits per heavy atom. The summed E-state index contributed by atoms with van der Waals surface area (Å²) in [4.78, 5) is 9.87. The van der Waals surface area contributed by atoms with E-state index in [0.717, 1.165) is 17.3 Å². The number of anilines is 1. The third kappa shape index (κ3) is 2.70. The van der Waals surface area contributed by atoms with Gasteiger partial charge in [0.25, 0.3) is 5.69 Å². The van der Waals surface area contributed by atoms with Crippen molar-refractivity contribution in [2.75, 3.05) is 5.32 Å². The Kier molecular flexibility index (Phi) is 3.46. The Morgan fingerprint density at radius 3 is 2.79 bits per heavy atom. The number of hydrogen-bond donors (Lipinski definition) is 1. The normalized spacial score (nSPS) is 10.5. The summed E-state index contributed by atoms with van der Waals surface area (Å²) in [5.41, 5.74) is 1.89. The number of nitro benzene ring substituents is 1. The lowest BCUT2D eigenvalue weighted by Gasteiger charge is -2.07. The van der Waals surface area contributed by atoms with Crippen molar-refractivity contribution in [3.8, 4) is 0 Å². The zero-order chi connectivity index (χ0) is 14.0. The number of nitrogens with zero attached hydrogens (tertiary/aromatic N) is 3. The molecule has 1 aromatic carbocycles. The smallest absolute Gasteiger partial charge is 0.272 e. The molecule has 0 bridgehead atoms. The lowest BCUT2D eigenvalue weighted by Crippen LogP contribution is -2.03. The van der Waals surface area contributed by atoms with Gasteiger partial charge in [-0.25, -0.2) is 4.39 Å². The minimum atomic E-state index is -0.643. The number of halogens is 1. The molecule has 1 heterocycles. The van der Waals surface area contributed by atoms with Crippen molar-refractivity contribution < 1.29 is 9.31 Å².